The molecule has 15 nitrogen and oxygen atoms in total. The SMILES string of the molecule is C.CC(C)OC(=O)NC1C(O)O[C@H](CO)[C@@H](O)[C@@H]1O.CCC1OC(O)C(NC(=O)OC(C)C)C(O)C1O. The molecule has 0 saturated carbocycles. The minimum Gasteiger partial charge on any atom is -0.447 e. The molecule has 2 amide bonds. The second kappa shape index (κ2) is 16.2. The fourth-order valence-electron chi connectivity index (χ4n) is 3.46. The van der Waals surface area contributed by atoms with Crippen molar-refractivity contribution in [2.75, 3.05) is 6.61 Å². The average Bonchev–Trinajstić information content (AvgIpc) is 2.78. The Morgan fingerprint density at radius 2 is 1.08 bits per heavy atom. The lowest BCUT2D eigenvalue weighted by atomic mass is 9.95. The van der Waals surface area contributed by atoms with Gasteiger partial charge in [-0.1, -0.05) is 14.4 Å². The molecule has 2 aliphatic heterocycles. The van der Waals surface area contributed by atoms with Gasteiger partial charge in [0.15, 0.2) is 12.6 Å². The molecule has 37 heavy (non-hydrogen) atoms. The van der Waals surface area contributed by atoms with E-state index in [4.69, 9.17) is 24.1 Å². The molecule has 9 N–H and O–H groups in total. The summed E-state index contributed by atoms with van der Waals surface area (Å²) in [5, 5.41) is 71.5. The number of ether oxygens (including phenoxy) is 4. The first-order valence-electron chi connectivity index (χ1n) is 11.7. The van der Waals surface area contributed by atoms with Crippen LogP contribution in [0.15, 0.2) is 0 Å². The van der Waals surface area contributed by atoms with Gasteiger partial charge in [-0.3, -0.25) is 0 Å². The molecular weight excluding hydrogens is 500 g/mol. The van der Waals surface area contributed by atoms with Gasteiger partial charge >= 0.3 is 12.2 Å². The number of rotatable bonds is 6. The molecule has 0 bridgehead atoms. The van der Waals surface area contributed by atoms with Gasteiger partial charge in [-0.25, -0.2) is 9.59 Å². The summed E-state index contributed by atoms with van der Waals surface area (Å²) in [6.45, 7) is 7.82. The Morgan fingerprint density at radius 3 is 1.41 bits per heavy atom. The zero-order valence-electron chi connectivity index (χ0n) is 20.9. The van der Waals surface area contributed by atoms with E-state index in [1.807, 2.05) is 0 Å². The molecular formula is C22H44N2O13. The molecule has 0 aliphatic carbocycles. The maximum absolute atomic E-state index is 11.4. The zero-order valence-corrected chi connectivity index (χ0v) is 20.9. The standard InChI is InChI=1S/C11H21NO6.C10H19NO7.CH4/c1-4-6-8(13)9(14)7(10(15)18-6)12-11(16)17-5(2)3;1-4(2)17-10(16)11-6-8(14)7(13)5(3-12)18-9(6)15;/h5-10,13-15H,4H2,1-3H3,(H,12,16);4-9,12-15H,3H2,1-2H3,(H,11,16);1H4/t;5-,6?,7-,8-,9?;/m.1./s1. The van der Waals surface area contributed by atoms with Crippen molar-refractivity contribution in [1.29, 1.82) is 0 Å². The molecule has 10 atom stereocenters. The Labute approximate surface area is 216 Å². The highest BCUT2D eigenvalue weighted by molar-refractivity contribution is 5.68. The van der Waals surface area contributed by atoms with Crippen molar-refractivity contribution < 1.29 is 64.3 Å². The normalized spacial score (nSPS) is 35.5. The van der Waals surface area contributed by atoms with Crippen LogP contribution in [0.4, 0.5) is 9.59 Å². The fraction of sp³-hybridized carbons (Fsp3) is 0.909. The van der Waals surface area contributed by atoms with Gasteiger partial charge in [0.05, 0.1) is 24.9 Å². The van der Waals surface area contributed by atoms with Crippen molar-refractivity contribution in [3.05, 3.63) is 0 Å². The van der Waals surface area contributed by atoms with Crippen LogP contribution in [0, 0.1) is 0 Å². The second-order valence-corrected chi connectivity index (χ2v) is 8.93. The van der Waals surface area contributed by atoms with E-state index in [2.05, 4.69) is 10.6 Å². The molecule has 7 unspecified atom stereocenters. The smallest absolute Gasteiger partial charge is 0.407 e. The van der Waals surface area contributed by atoms with Gasteiger partial charge in [0.25, 0.3) is 0 Å². The van der Waals surface area contributed by atoms with Gasteiger partial charge in [-0.15, -0.1) is 0 Å². The molecule has 2 aliphatic rings. The zero-order chi connectivity index (χ0) is 27.7. The van der Waals surface area contributed by atoms with E-state index in [-0.39, 0.29) is 19.6 Å². The molecule has 220 valence electrons. The lowest BCUT2D eigenvalue weighted by molar-refractivity contribution is -0.253. The number of alkyl carbamates (subject to hydrolysis) is 2. The number of carbonyl (C=O) groups excluding carboxylic acids is 2. The van der Waals surface area contributed by atoms with Crippen molar-refractivity contribution >= 4 is 12.2 Å². The van der Waals surface area contributed by atoms with Crippen LogP contribution in [0.25, 0.3) is 0 Å². The Morgan fingerprint density at radius 1 is 0.730 bits per heavy atom. The highest BCUT2D eigenvalue weighted by atomic mass is 16.6. The molecule has 15 heteroatoms. The minimum absolute atomic E-state index is 0. The van der Waals surface area contributed by atoms with Gasteiger partial charge < -0.3 is 65.3 Å². The maximum atomic E-state index is 11.4. The van der Waals surface area contributed by atoms with Crippen molar-refractivity contribution in [1.82, 2.24) is 10.6 Å². The van der Waals surface area contributed by atoms with E-state index in [0.29, 0.717) is 6.42 Å². The molecule has 0 radical (unpaired) electrons. The van der Waals surface area contributed by atoms with Crippen molar-refractivity contribution in [3.63, 3.8) is 0 Å². The molecule has 2 saturated heterocycles. The van der Waals surface area contributed by atoms with E-state index >= 15 is 0 Å². The second-order valence-electron chi connectivity index (χ2n) is 8.93. The third-order valence-electron chi connectivity index (χ3n) is 5.28. The molecule has 0 aromatic heterocycles. The van der Waals surface area contributed by atoms with Crippen LogP contribution in [0.2, 0.25) is 0 Å². The quantitative estimate of drug-likeness (QED) is 0.174. The number of amides is 2. The number of carbonyl (C=O) groups is 2. The van der Waals surface area contributed by atoms with Crippen molar-refractivity contribution in [3.8, 4) is 0 Å². The Hall–Kier alpha value is -1.82. The van der Waals surface area contributed by atoms with Crippen LogP contribution >= 0.6 is 0 Å². The summed E-state index contributed by atoms with van der Waals surface area (Å²) in [4.78, 5) is 22.7. The Balaban J connectivity index is 0.000000682. The average molecular weight is 545 g/mol. The minimum atomic E-state index is -1.54. The van der Waals surface area contributed by atoms with Crippen molar-refractivity contribution in [2.45, 2.75) is 122 Å². The van der Waals surface area contributed by atoms with Gasteiger partial charge in [-0.2, -0.15) is 0 Å². The first-order valence-corrected chi connectivity index (χ1v) is 11.7. The third kappa shape index (κ3) is 10.5. The van der Waals surface area contributed by atoms with E-state index in [0.717, 1.165) is 0 Å². The predicted molar refractivity (Wildman–Crippen MR) is 127 cm³/mol. The van der Waals surface area contributed by atoms with E-state index < -0.39 is 80.1 Å². The summed E-state index contributed by atoms with van der Waals surface area (Å²) >= 11 is 0. The van der Waals surface area contributed by atoms with Gasteiger partial charge in [0.2, 0.25) is 0 Å². The summed E-state index contributed by atoms with van der Waals surface area (Å²) < 4.78 is 19.6. The number of aliphatic hydroxyl groups excluding tert-OH is 7. The maximum Gasteiger partial charge on any atom is 0.407 e. The number of nitrogens with one attached hydrogen (secondary N) is 2. The molecule has 0 aromatic carbocycles. The lowest BCUT2D eigenvalue weighted by Gasteiger charge is -2.40. The van der Waals surface area contributed by atoms with Crippen LogP contribution in [0.3, 0.4) is 0 Å². The number of hydrogen-bond acceptors (Lipinski definition) is 13. The van der Waals surface area contributed by atoms with Gasteiger partial charge in [0.1, 0.15) is 42.6 Å². The van der Waals surface area contributed by atoms with Crippen LogP contribution in [0.5, 0.6) is 0 Å². The molecule has 2 heterocycles. The summed E-state index contributed by atoms with van der Waals surface area (Å²) in [6, 6.07) is -2.34. The Bertz CT molecular complexity index is 627. The monoisotopic (exact) mass is 544 g/mol. The predicted octanol–water partition coefficient (Wildman–Crippen LogP) is -2.10. The van der Waals surface area contributed by atoms with E-state index in [1.54, 1.807) is 34.6 Å². The van der Waals surface area contributed by atoms with Crippen LogP contribution in [0.1, 0.15) is 48.5 Å². The van der Waals surface area contributed by atoms with Gasteiger partial charge in [-0.05, 0) is 34.1 Å². The number of aliphatic hydroxyl groups is 7. The molecule has 2 rings (SSSR count). The third-order valence-corrected chi connectivity index (χ3v) is 5.28. The summed E-state index contributed by atoms with van der Waals surface area (Å²) in [7, 11) is 0. The molecule has 0 aromatic rings. The summed E-state index contributed by atoms with van der Waals surface area (Å²) in [5.74, 6) is 0. The number of hydrogen-bond donors (Lipinski definition) is 9. The van der Waals surface area contributed by atoms with Crippen LogP contribution in [-0.2, 0) is 18.9 Å². The Kier molecular flexibility index (Phi) is 15.4. The van der Waals surface area contributed by atoms with E-state index in [9.17, 15) is 40.2 Å². The summed E-state index contributed by atoms with van der Waals surface area (Å²) in [5.41, 5.74) is 0. The van der Waals surface area contributed by atoms with Crippen LogP contribution < -0.4 is 10.6 Å². The first kappa shape index (κ1) is 35.2. The van der Waals surface area contributed by atoms with Gasteiger partial charge in [0, 0.05) is 0 Å². The van der Waals surface area contributed by atoms with Crippen molar-refractivity contribution in [2.24, 2.45) is 0 Å². The molecule has 0 spiro atoms. The highest BCUT2D eigenvalue weighted by Gasteiger charge is 2.45. The van der Waals surface area contributed by atoms with Crippen LogP contribution in [-0.4, -0.2) is 128 Å². The highest BCUT2D eigenvalue weighted by Crippen LogP contribution is 2.22. The topological polar surface area (TPSA) is 237 Å². The summed E-state index contributed by atoms with van der Waals surface area (Å²) in [6.07, 6.45) is -11.9. The largest absolute Gasteiger partial charge is 0.447 e. The fourth-order valence-corrected chi connectivity index (χ4v) is 3.46. The van der Waals surface area contributed by atoms with E-state index in [1.165, 1.54) is 0 Å². The first-order chi connectivity index (χ1) is 16.7. The molecule has 2 fully saturated rings. The lowest BCUT2D eigenvalue weighted by Crippen LogP contribution is -2.64.